The van der Waals surface area contributed by atoms with E-state index in [-0.39, 0.29) is 0 Å². The fourth-order valence-corrected chi connectivity index (χ4v) is 5.83. The minimum atomic E-state index is 0.651. The van der Waals surface area contributed by atoms with E-state index in [0.717, 1.165) is 64.5 Å². The van der Waals surface area contributed by atoms with Gasteiger partial charge in [-0.1, -0.05) is 84.4 Å². The van der Waals surface area contributed by atoms with Gasteiger partial charge in [0.1, 0.15) is 0 Å². The highest BCUT2D eigenvalue weighted by Crippen LogP contribution is 2.20. The number of rotatable bonds is 7. The Hall–Kier alpha value is -2.92. The Balaban J connectivity index is 1.51. The molecule has 0 atom stereocenters. The summed E-state index contributed by atoms with van der Waals surface area (Å²) in [6.45, 7) is 20.2. The monoisotopic (exact) mass is 510 g/mol. The van der Waals surface area contributed by atoms with E-state index in [9.17, 15) is 0 Å². The van der Waals surface area contributed by atoms with Crippen LogP contribution in [0.4, 0.5) is 0 Å². The molecule has 4 rings (SSSR count). The molecule has 0 saturated carbocycles. The Morgan fingerprint density at radius 3 is 1.82 bits per heavy atom. The Bertz CT molecular complexity index is 1170. The smallest absolute Gasteiger partial charge is 0.0317 e. The molecule has 0 unspecified atom stereocenters. The molecule has 1 aliphatic rings. The van der Waals surface area contributed by atoms with Gasteiger partial charge in [0.25, 0.3) is 0 Å². The van der Waals surface area contributed by atoms with E-state index >= 15 is 0 Å². The van der Waals surface area contributed by atoms with Gasteiger partial charge >= 0.3 is 0 Å². The van der Waals surface area contributed by atoms with E-state index in [4.69, 9.17) is 5.73 Å². The first-order valence-corrected chi connectivity index (χ1v) is 14.2. The van der Waals surface area contributed by atoms with Crippen LogP contribution in [0.3, 0.4) is 0 Å². The molecule has 0 radical (unpaired) electrons. The van der Waals surface area contributed by atoms with Crippen molar-refractivity contribution in [2.75, 3.05) is 39.3 Å². The second kappa shape index (κ2) is 13.7. The van der Waals surface area contributed by atoms with E-state index < -0.39 is 0 Å². The second-order valence-corrected chi connectivity index (χ2v) is 11.1. The maximum absolute atomic E-state index is 6.09. The van der Waals surface area contributed by atoms with Crippen LogP contribution in [-0.2, 0) is 19.6 Å². The van der Waals surface area contributed by atoms with Gasteiger partial charge in [0.15, 0.2) is 0 Å². The molecule has 2 N–H and O–H groups in total. The number of nitrogens with zero attached hydrogens (tertiary/aromatic N) is 3. The summed E-state index contributed by atoms with van der Waals surface area (Å²) in [4.78, 5) is 7.96. The molecule has 3 aromatic carbocycles. The van der Waals surface area contributed by atoms with Gasteiger partial charge in [-0.05, 0) is 82.0 Å². The SMILES string of the molecule is C=C(N)c1cccc(CN2CCCN(Cc3ccccc3)CCCN(Cc3cc(C)cc(C)c3)CC2)c1C. The molecular weight excluding hydrogens is 464 g/mol. The molecule has 0 spiro atoms. The fourth-order valence-electron chi connectivity index (χ4n) is 5.83. The van der Waals surface area contributed by atoms with Gasteiger partial charge < -0.3 is 5.73 Å². The van der Waals surface area contributed by atoms with Gasteiger partial charge in [-0.25, -0.2) is 0 Å². The molecule has 38 heavy (non-hydrogen) atoms. The molecular formula is C34H46N4. The van der Waals surface area contributed by atoms with E-state index in [2.05, 4.69) is 109 Å². The van der Waals surface area contributed by atoms with Crippen molar-refractivity contribution in [3.63, 3.8) is 0 Å². The molecule has 0 bridgehead atoms. The van der Waals surface area contributed by atoms with Crippen molar-refractivity contribution in [2.24, 2.45) is 5.73 Å². The summed E-state index contributed by atoms with van der Waals surface area (Å²) in [6, 6.07) is 24.4. The Kier molecular flexibility index (Phi) is 10.2. The zero-order chi connectivity index (χ0) is 26.9. The summed E-state index contributed by atoms with van der Waals surface area (Å²) in [6.07, 6.45) is 2.36. The molecule has 1 heterocycles. The number of hydrogen-bond donors (Lipinski definition) is 1. The molecule has 3 aromatic rings. The van der Waals surface area contributed by atoms with Gasteiger partial charge in [0, 0.05) is 44.0 Å². The Labute approximate surface area is 230 Å². The van der Waals surface area contributed by atoms with Gasteiger partial charge in [-0.3, -0.25) is 14.7 Å². The molecule has 0 amide bonds. The van der Waals surface area contributed by atoms with Gasteiger partial charge in [-0.2, -0.15) is 0 Å². The highest BCUT2D eigenvalue weighted by atomic mass is 15.2. The summed E-state index contributed by atoms with van der Waals surface area (Å²) < 4.78 is 0. The molecule has 4 heteroatoms. The molecule has 1 fully saturated rings. The third-order valence-corrected chi connectivity index (χ3v) is 7.75. The van der Waals surface area contributed by atoms with Crippen molar-refractivity contribution in [3.05, 3.63) is 112 Å². The van der Waals surface area contributed by atoms with E-state index in [0.29, 0.717) is 5.70 Å². The maximum atomic E-state index is 6.09. The van der Waals surface area contributed by atoms with Crippen molar-refractivity contribution in [3.8, 4) is 0 Å². The van der Waals surface area contributed by atoms with Gasteiger partial charge in [-0.15, -0.1) is 0 Å². The zero-order valence-corrected chi connectivity index (χ0v) is 23.8. The van der Waals surface area contributed by atoms with Crippen LogP contribution in [0.25, 0.3) is 5.70 Å². The summed E-state index contributed by atoms with van der Waals surface area (Å²) in [5.41, 5.74) is 16.0. The summed E-state index contributed by atoms with van der Waals surface area (Å²) in [5, 5.41) is 0. The number of hydrogen-bond acceptors (Lipinski definition) is 4. The fraction of sp³-hybridized carbons (Fsp3) is 0.412. The first kappa shape index (κ1) is 28.1. The van der Waals surface area contributed by atoms with Gasteiger partial charge in [0.05, 0.1) is 0 Å². The lowest BCUT2D eigenvalue weighted by molar-refractivity contribution is 0.194. The highest BCUT2D eigenvalue weighted by Gasteiger charge is 2.16. The first-order valence-electron chi connectivity index (χ1n) is 14.2. The average molecular weight is 511 g/mol. The topological polar surface area (TPSA) is 35.7 Å². The minimum absolute atomic E-state index is 0.651. The average Bonchev–Trinajstić information content (AvgIpc) is 2.91. The number of nitrogens with two attached hydrogens (primary N) is 1. The minimum Gasteiger partial charge on any atom is -0.399 e. The van der Waals surface area contributed by atoms with Crippen molar-refractivity contribution in [2.45, 2.75) is 53.2 Å². The third kappa shape index (κ3) is 8.29. The quantitative estimate of drug-likeness (QED) is 0.414. The predicted molar refractivity (Wildman–Crippen MR) is 162 cm³/mol. The van der Waals surface area contributed by atoms with Crippen molar-refractivity contribution in [1.82, 2.24) is 14.7 Å². The van der Waals surface area contributed by atoms with Crippen LogP contribution in [0.2, 0.25) is 0 Å². The van der Waals surface area contributed by atoms with Crippen LogP contribution < -0.4 is 5.73 Å². The zero-order valence-electron chi connectivity index (χ0n) is 23.8. The normalized spacial score (nSPS) is 16.7. The summed E-state index contributed by atoms with van der Waals surface area (Å²) in [7, 11) is 0. The number of benzene rings is 3. The van der Waals surface area contributed by atoms with Crippen LogP contribution in [0.15, 0.2) is 73.3 Å². The molecule has 0 aromatic heterocycles. The van der Waals surface area contributed by atoms with Crippen LogP contribution in [-0.4, -0.2) is 54.0 Å². The van der Waals surface area contributed by atoms with Crippen LogP contribution in [0.1, 0.15) is 51.8 Å². The molecule has 1 saturated heterocycles. The first-order chi connectivity index (χ1) is 18.4. The van der Waals surface area contributed by atoms with Gasteiger partial charge in [0.2, 0.25) is 0 Å². The summed E-state index contributed by atoms with van der Waals surface area (Å²) >= 11 is 0. The molecule has 1 aliphatic heterocycles. The van der Waals surface area contributed by atoms with Crippen LogP contribution in [0, 0.1) is 20.8 Å². The Morgan fingerprint density at radius 2 is 1.21 bits per heavy atom. The van der Waals surface area contributed by atoms with E-state index in [1.165, 1.54) is 46.2 Å². The standard InChI is InChI=1S/C34H46N4/c1-27-21-28(2)23-32(22-27)25-37-17-9-15-36(24-31-11-6-5-7-12-31)16-10-18-38(20-19-37)26-33-13-8-14-34(29(33)3)30(4)35/h5-8,11-14,21-23H,4,9-10,15-20,24-26,35H2,1-3H3. The van der Waals surface area contributed by atoms with Crippen molar-refractivity contribution >= 4 is 5.70 Å². The third-order valence-electron chi connectivity index (χ3n) is 7.75. The van der Waals surface area contributed by atoms with E-state index in [1.807, 2.05) is 0 Å². The molecule has 202 valence electrons. The summed E-state index contributed by atoms with van der Waals surface area (Å²) in [5.74, 6) is 0. The van der Waals surface area contributed by atoms with Crippen LogP contribution >= 0.6 is 0 Å². The predicted octanol–water partition coefficient (Wildman–Crippen LogP) is 6.14. The van der Waals surface area contributed by atoms with Crippen molar-refractivity contribution in [1.29, 1.82) is 0 Å². The van der Waals surface area contributed by atoms with Crippen molar-refractivity contribution < 1.29 is 0 Å². The largest absolute Gasteiger partial charge is 0.399 e. The molecule has 0 aliphatic carbocycles. The van der Waals surface area contributed by atoms with Crippen LogP contribution in [0.5, 0.6) is 0 Å². The highest BCUT2D eigenvalue weighted by molar-refractivity contribution is 5.64. The molecule has 4 nitrogen and oxygen atoms in total. The lowest BCUT2D eigenvalue weighted by Crippen LogP contribution is -2.36. The van der Waals surface area contributed by atoms with E-state index in [1.54, 1.807) is 0 Å². The second-order valence-electron chi connectivity index (χ2n) is 11.1. The Morgan fingerprint density at radius 1 is 0.658 bits per heavy atom. The maximum Gasteiger partial charge on any atom is 0.0317 e. The lowest BCUT2D eigenvalue weighted by atomic mass is 10.00. The lowest BCUT2D eigenvalue weighted by Gasteiger charge is -2.28. The number of aryl methyl sites for hydroxylation is 2.